The zero-order chi connectivity index (χ0) is 20.3. The third kappa shape index (κ3) is 4.43. The lowest BCUT2D eigenvalue weighted by molar-refractivity contribution is -0.121. The highest BCUT2D eigenvalue weighted by Gasteiger charge is 2.28. The van der Waals surface area contributed by atoms with Gasteiger partial charge >= 0.3 is 0 Å². The molecule has 9 heteroatoms. The van der Waals surface area contributed by atoms with Gasteiger partial charge in [0.05, 0.1) is 9.77 Å². The van der Waals surface area contributed by atoms with Crippen LogP contribution in [0.1, 0.15) is 22.5 Å². The molecule has 1 aliphatic rings. The Balaban J connectivity index is 1.55. The monoisotopic (exact) mass is 421 g/mol. The first-order valence-electron chi connectivity index (χ1n) is 8.95. The topological polar surface area (TPSA) is 86.8 Å². The first kappa shape index (κ1) is 20.5. The zero-order valence-corrected chi connectivity index (χ0v) is 17.4. The number of nitrogens with zero attached hydrogens (tertiary/aromatic N) is 2. The van der Waals surface area contributed by atoms with Crippen LogP contribution in [0, 0.1) is 5.92 Å². The molecule has 150 valence electrons. The van der Waals surface area contributed by atoms with Gasteiger partial charge in [-0.05, 0) is 48.6 Å². The molecule has 0 atom stereocenters. The Morgan fingerprint density at radius 1 is 1.11 bits per heavy atom. The van der Waals surface area contributed by atoms with Crippen molar-refractivity contribution in [2.24, 2.45) is 5.92 Å². The largest absolute Gasteiger partial charge is 0.338 e. The fraction of sp³-hybridized carbons (Fsp3) is 0.368. The van der Waals surface area contributed by atoms with Gasteiger partial charge in [0.15, 0.2) is 0 Å². The number of sulfonamides is 1. The summed E-state index contributed by atoms with van der Waals surface area (Å²) in [6.45, 7) is 1.10. The fourth-order valence-corrected chi connectivity index (χ4v) is 4.66. The second-order valence-electron chi connectivity index (χ2n) is 6.84. The van der Waals surface area contributed by atoms with E-state index in [0.29, 0.717) is 31.6 Å². The van der Waals surface area contributed by atoms with Crippen molar-refractivity contribution in [2.75, 3.05) is 32.5 Å². The van der Waals surface area contributed by atoms with Crippen LogP contribution in [0.2, 0.25) is 0 Å². The average Bonchev–Trinajstić information content (AvgIpc) is 3.22. The minimum atomic E-state index is -3.49. The molecule has 0 aliphatic carbocycles. The summed E-state index contributed by atoms with van der Waals surface area (Å²) in [6.07, 6.45) is 1.21. The number of piperidine rings is 1. The standard InChI is InChI=1S/C19H23N3O4S2/c1-21(2)28(25,26)16-7-5-15(6-8-16)20-18(23)14-9-11-22(12-10-14)19(24)17-4-3-13-27-17/h3-8,13-14H,9-12H2,1-2H3,(H,20,23). The second kappa shape index (κ2) is 8.42. The maximum Gasteiger partial charge on any atom is 0.263 e. The van der Waals surface area contributed by atoms with Gasteiger partial charge in [-0.1, -0.05) is 6.07 Å². The van der Waals surface area contributed by atoms with Gasteiger partial charge in [-0.2, -0.15) is 0 Å². The van der Waals surface area contributed by atoms with Crippen molar-refractivity contribution in [1.29, 1.82) is 0 Å². The maximum absolute atomic E-state index is 12.5. The van der Waals surface area contributed by atoms with Gasteiger partial charge in [-0.3, -0.25) is 9.59 Å². The number of rotatable bonds is 5. The number of thiophene rings is 1. The Morgan fingerprint density at radius 2 is 1.75 bits per heavy atom. The maximum atomic E-state index is 12.5. The van der Waals surface area contributed by atoms with E-state index >= 15 is 0 Å². The minimum Gasteiger partial charge on any atom is -0.338 e. The molecule has 1 aromatic carbocycles. The Kier molecular flexibility index (Phi) is 6.17. The van der Waals surface area contributed by atoms with E-state index in [1.165, 1.54) is 37.6 Å². The van der Waals surface area contributed by atoms with Crippen molar-refractivity contribution in [3.8, 4) is 0 Å². The number of carbonyl (C=O) groups excluding carboxylic acids is 2. The van der Waals surface area contributed by atoms with E-state index in [1.54, 1.807) is 17.0 Å². The number of hydrogen-bond donors (Lipinski definition) is 1. The summed E-state index contributed by atoms with van der Waals surface area (Å²) in [5, 5.41) is 4.72. The van der Waals surface area contributed by atoms with Crippen LogP contribution >= 0.6 is 11.3 Å². The van der Waals surface area contributed by atoms with Crippen molar-refractivity contribution in [3.05, 3.63) is 46.7 Å². The second-order valence-corrected chi connectivity index (χ2v) is 9.94. The Morgan fingerprint density at radius 3 is 2.29 bits per heavy atom. The Labute approximate surface area is 169 Å². The Hall–Kier alpha value is -2.23. The third-order valence-electron chi connectivity index (χ3n) is 4.79. The summed E-state index contributed by atoms with van der Waals surface area (Å²) in [7, 11) is -0.546. The number of nitrogens with one attached hydrogen (secondary N) is 1. The van der Waals surface area contributed by atoms with Crippen LogP contribution in [0.15, 0.2) is 46.7 Å². The lowest BCUT2D eigenvalue weighted by Crippen LogP contribution is -2.41. The van der Waals surface area contributed by atoms with Crippen LogP contribution in [0.4, 0.5) is 5.69 Å². The normalized spacial score (nSPS) is 15.6. The molecule has 7 nitrogen and oxygen atoms in total. The molecule has 28 heavy (non-hydrogen) atoms. The van der Waals surface area contributed by atoms with Gasteiger partial charge in [0.25, 0.3) is 5.91 Å². The zero-order valence-electron chi connectivity index (χ0n) is 15.8. The molecule has 1 fully saturated rings. The smallest absolute Gasteiger partial charge is 0.263 e. The number of carbonyl (C=O) groups is 2. The van der Waals surface area contributed by atoms with Gasteiger partial charge in [0.2, 0.25) is 15.9 Å². The number of amides is 2. The first-order valence-corrected chi connectivity index (χ1v) is 11.3. The summed E-state index contributed by atoms with van der Waals surface area (Å²) in [6, 6.07) is 9.80. The van der Waals surface area contributed by atoms with Crippen LogP contribution in [0.5, 0.6) is 0 Å². The third-order valence-corrected chi connectivity index (χ3v) is 7.47. The van der Waals surface area contributed by atoms with E-state index in [2.05, 4.69) is 5.32 Å². The highest BCUT2D eigenvalue weighted by atomic mass is 32.2. The fourth-order valence-electron chi connectivity index (χ4n) is 3.07. The highest BCUT2D eigenvalue weighted by molar-refractivity contribution is 7.89. The minimum absolute atomic E-state index is 0.0200. The predicted octanol–water partition coefficient (Wildman–Crippen LogP) is 2.49. The van der Waals surface area contributed by atoms with Crippen molar-refractivity contribution in [3.63, 3.8) is 0 Å². The SMILES string of the molecule is CN(C)S(=O)(=O)c1ccc(NC(=O)C2CCN(C(=O)c3cccs3)CC2)cc1. The summed E-state index contributed by atoms with van der Waals surface area (Å²) in [4.78, 5) is 27.6. The molecule has 1 saturated heterocycles. The molecular formula is C19H23N3O4S2. The van der Waals surface area contributed by atoms with Crippen LogP contribution in [-0.4, -0.2) is 56.6 Å². The molecule has 0 radical (unpaired) electrons. The van der Waals surface area contributed by atoms with Crippen molar-refractivity contribution < 1.29 is 18.0 Å². The van der Waals surface area contributed by atoms with E-state index in [4.69, 9.17) is 0 Å². The van der Waals surface area contributed by atoms with E-state index in [9.17, 15) is 18.0 Å². The summed E-state index contributed by atoms with van der Waals surface area (Å²) < 4.78 is 25.3. The molecule has 2 amide bonds. The lowest BCUT2D eigenvalue weighted by atomic mass is 9.95. The highest BCUT2D eigenvalue weighted by Crippen LogP contribution is 2.23. The molecule has 1 N–H and O–H groups in total. The summed E-state index contributed by atoms with van der Waals surface area (Å²) in [5.74, 6) is -0.254. The molecule has 2 aromatic rings. The van der Waals surface area contributed by atoms with E-state index in [-0.39, 0.29) is 22.6 Å². The molecule has 3 rings (SSSR count). The molecule has 2 heterocycles. The summed E-state index contributed by atoms with van der Waals surface area (Å²) in [5.41, 5.74) is 0.555. The molecule has 1 aromatic heterocycles. The number of likely N-dealkylation sites (tertiary alicyclic amines) is 1. The molecular weight excluding hydrogens is 398 g/mol. The number of hydrogen-bond acceptors (Lipinski definition) is 5. The predicted molar refractivity (Wildman–Crippen MR) is 109 cm³/mol. The van der Waals surface area contributed by atoms with Crippen LogP contribution in [0.3, 0.4) is 0 Å². The van der Waals surface area contributed by atoms with Crippen LogP contribution in [0.25, 0.3) is 0 Å². The molecule has 1 aliphatic heterocycles. The molecule has 0 spiro atoms. The van der Waals surface area contributed by atoms with E-state index in [0.717, 1.165) is 9.18 Å². The van der Waals surface area contributed by atoms with Gasteiger partial charge < -0.3 is 10.2 Å². The van der Waals surface area contributed by atoms with Gasteiger partial charge in [0.1, 0.15) is 0 Å². The molecule has 0 bridgehead atoms. The van der Waals surface area contributed by atoms with Crippen LogP contribution in [-0.2, 0) is 14.8 Å². The number of benzene rings is 1. The van der Waals surface area contributed by atoms with Crippen molar-refractivity contribution in [2.45, 2.75) is 17.7 Å². The van der Waals surface area contributed by atoms with E-state index in [1.807, 2.05) is 17.5 Å². The molecule has 0 unspecified atom stereocenters. The van der Waals surface area contributed by atoms with Crippen molar-refractivity contribution in [1.82, 2.24) is 9.21 Å². The quantitative estimate of drug-likeness (QED) is 0.804. The lowest BCUT2D eigenvalue weighted by Gasteiger charge is -2.31. The van der Waals surface area contributed by atoms with Crippen molar-refractivity contribution >= 4 is 38.9 Å². The summed E-state index contributed by atoms with van der Waals surface area (Å²) >= 11 is 1.42. The number of anilines is 1. The average molecular weight is 422 g/mol. The Bertz CT molecular complexity index is 930. The van der Waals surface area contributed by atoms with Gasteiger partial charge in [-0.25, -0.2) is 12.7 Å². The van der Waals surface area contributed by atoms with Crippen LogP contribution < -0.4 is 5.32 Å². The first-order chi connectivity index (χ1) is 13.3. The molecule has 0 saturated carbocycles. The van der Waals surface area contributed by atoms with Gasteiger partial charge in [0, 0.05) is 38.8 Å². The van der Waals surface area contributed by atoms with Gasteiger partial charge in [-0.15, -0.1) is 11.3 Å². The van der Waals surface area contributed by atoms with E-state index < -0.39 is 10.0 Å².